The molecule has 0 saturated carbocycles. The van der Waals surface area contributed by atoms with Gasteiger partial charge in [-0.05, 0) is 0 Å². The van der Waals surface area contributed by atoms with E-state index in [4.69, 9.17) is 23.5 Å². The van der Waals surface area contributed by atoms with Crippen LogP contribution in [0.3, 0.4) is 0 Å². The summed E-state index contributed by atoms with van der Waals surface area (Å²) < 4.78 is 61.2. The third-order valence-corrected chi connectivity index (χ3v) is 10.3. The average Bonchev–Trinajstić information content (AvgIpc) is 3.30. The summed E-state index contributed by atoms with van der Waals surface area (Å²) in [6.45, 7) is -2.06. The van der Waals surface area contributed by atoms with Crippen molar-refractivity contribution in [2.24, 2.45) is 0 Å². The first-order valence-electron chi connectivity index (χ1n) is 14.5. The lowest BCUT2D eigenvalue weighted by atomic mass is 9.95. The van der Waals surface area contributed by atoms with Gasteiger partial charge < -0.3 is 74.9 Å². The summed E-state index contributed by atoms with van der Waals surface area (Å²) in [5.74, 6) is -0.898. The van der Waals surface area contributed by atoms with Crippen LogP contribution in [0.2, 0.25) is 0 Å². The number of aliphatic hydroxyl groups excluding tert-OH is 8. The lowest BCUT2D eigenvalue weighted by Gasteiger charge is -2.47. The molecule has 25 nitrogen and oxygen atoms in total. The average molecular weight is 769 g/mol. The van der Waals surface area contributed by atoms with Gasteiger partial charge in [0.15, 0.2) is 18.8 Å². The molecular formula is C23H37N3O22P2. The number of nitrogens with zero attached hydrogens (tertiary/aromatic N) is 1. The summed E-state index contributed by atoms with van der Waals surface area (Å²) in [7, 11) is -11.5. The molecule has 3 unspecified atom stereocenters. The number of amides is 1. The molecule has 1 amide bonds. The number of H-pyrrole nitrogens is 1. The van der Waals surface area contributed by atoms with E-state index in [1.54, 1.807) is 0 Å². The minimum atomic E-state index is -5.81. The number of hydrogen-bond acceptors (Lipinski definition) is 20. The van der Waals surface area contributed by atoms with Crippen LogP contribution in [0.15, 0.2) is 21.9 Å². The van der Waals surface area contributed by atoms with E-state index in [1.165, 1.54) is 0 Å². The van der Waals surface area contributed by atoms with Gasteiger partial charge in [0, 0.05) is 19.2 Å². The predicted octanol–water partition coefficient (Wildman–Crippen LogP) is -6.83. The van der Waals surface area contributed by atoms with Crippen molar-refractivity contribution in [3.05, 3.63) is 33.1 Å². The first-order valence-corrected chi connectivity index (χ1v) is 17.5. The predicted molar refractivity (Wildman–Crippen MR) is 153 cm³/mol. The Morgan fingerprint density at radius 3 is 2.08 bits per heavy atom. The van der Waals surface area contributed by atoms with Gasteiger partial charge in [-0.1, -0.05) is 0 Å². The highest BCUT2D eigenvalue weighted by Crippen LogP contribution is 2.61. The number of aromatic nitrogens is 2. The fourth-order valence-electron chi connectivity index (χ4n) is 5.24. The van der Waals surface area contributed by atoms with E-state index in [0.29, 0.717) is 4.57 Å². The molecule has 1 aromatic heterocycles. The molecule has 4 rings (SSSR count). The highest BCUT2D eigenvalue weighted by Gasteiger charge is 2.53. The van der Waals surface area contributed by atoms with Gasteiger partial charge in [-0.3, -0.25) is 28.2 Å². The van der Waals surface area contributed by atoms with E-state index in [2.05, 4.69) is 14.2 Å². The molecule has 3 saturated heterocycles. The van der Waals surface area contributed by atoms with Crippen molar-refractivity contribution in [2.75, 3.05) is 19.8 Å². The van der Waals surface area contributed by atoms with Gasteiger partial charge in [-0.2, -0.15) is 4.31 Å². The zero-order valence-electron chi connectivity index (χ0n) is 25.6. The van der Waals surface area contributed by atoms with E-state index in [1.807, 2.05) is 4.98 Å². The summed E-state index contributed by atoms with van der Waals surface area (Å²) in [6.07, 6.45) is -22.8. The van der Waals surface area contributed by atoms with Crippen molar-refractivity contribution in [1.82, 2.24) is 14.9 Å². The van der Waals surface area contributed by atoms with Crippen LogP contribution in [0.25, 0.3) is 0 Å². The maximum atomic E-state index is 12.8. The molecule has 16 atom stereocenters. The van der Waals surface area contributed by atoms with Crippen LogP contribution < -0.4 is 16.6 Å². The molecule has 0 aromatic carbocycles. The van der Waals surface area contributed by atoms with Crippen LogP contribution in [-0.2, 0) is 46.2 Å². The summed E-state index contributed by atoms with van der Waals surface area (Å²) >= 11 is 0. The quantitative estimate of drug-likeness (QED) is 0.0829. The molecule has 4 heterocycles. The van der Waals surface area contributed by atoms with Gasteiger partial charge in [0.2, 0.25) is 5.91 Å². The topological polar surface area (TPSA) is 385 Å². The molecule has 3 fully saturated rings. The second-order valence-electron chi connectivity index (χ2n) is 11.2. The van der Waals surface area contributed by atoms with Crippen LogP contribution in [0, 0.1) is 0 Å². The Bertz CT molecular complexity index is 1540. The lowest BCUT2D eigenvalue weighted by molar-refractivity contribution is -0.344. The maximum Gasteiger partial charge on any atom is 0.483 e. The minimum Gasteiger partial charge on any atom is -0.394 e. The monoisotopic (exact) mass is 769 g/mol. The number of hydrogen-bond donors (Lipinski definition) is 12. The van der Waals surface area contributed by atoms with E-state index in [9.17, 15) is 74.2 Å². The smallest absolute Gasteiger partial charge is 0.394 e. The number of carbonyl (C=O) groups excluding carboxylic acids is 1. The van der Waals surface area contributed by atoms with Crippen LogP contribution in [0.1, 0.15) is 13.2 Å². The number of nitrogens with one attached hydrogen (secondary N) is 2. The maximum absolute atomic E-state index is 12.8. The second kappa shape index (κ2) is 16.3. The number of carbonyl (C=O) groups is 1. The van der Waals surface area contributed by atoms with Gasteiger partial charge in [0.25, 0.3) is 5.56 Å². The van der Waals surface area contributed by atoms with Crippen molar-refractivity contribution in [3.8, 4) is 0 Å². The van der Waals surface area contributed by atoms with Gasteiger partial charge in [-0.25, -0.2) is 13.9 Å². The molecule has 0 radical (unpaired) electrons. The van der Waals surface area contributed by atoms with E-state index in [-0.39, 0.29) is 0 Å². The van der Waals surface area contributed by atoms with Crippen molar-refractivity contribution < 1.29 is 96.9 Å². The van der Waals surface area contributed by atoms with Gasteiger partial charge in [0.05, 0.1) is 19.8 Å². The number of phosphoric ester groups is 2. The van der Waals surface area contributed by atoms with Gasteiger partial charge >= 0.3 is 21.3 Å². The molecule has 286 valence electrons. The molecule has 27 heteroatoms. The largest absolute Gasteiger partial charge is 0.483 e. The fourth-order valence-corrected chi connectivity index (χ4v) is 7.41. The third-order valence-electron chi connectivity index (χ3n) is 7.67. The molecule has 0 aliphatic carbocycles. The summed E-state index contributed by atoms with van der Waals surface area (Å²) in [5.41, 5.74) is -1.81. The minimum absolute atomic E-state index is 0.698. The molecule has 1 aromatic rings. The summed E-state index contributed by atoms with van der Waals surface area (Å²) in [5, 5.41) is 83.5. The molecule has 0 spiro atoms. The van der Waals surface area contributed by atoms with Crippen LogP contribution in [0.4, 0.5) is 0 Å². The SMILES string of the molecule is CC(=O)N[C@H]1[C@@H](OP(=O)(O)OP(=O)(O)OC[C@H]2O[C@@H](n3ccc(=O)[nH]c3=O)[C@H](O)[C@@H]2O)O[C@H](CO)C(O[C@@H]2O[C@H](CO)[C@H](O)[C@H](O)[C@H]2O)[C@@H]1O. The Hall–Kier alpha value is -2.07. The van der Waals surface area contributed by atoms with Crippen LogP contribution >= 0.6 is 15.6 Å². The van der Waals surface area contributed by atoms with Crippen LogP contribution in [0.5, 0.6) is 0 Å². The number of aromatic amines is 1. The molecule has 3 aliphatic rings. The zero-order valence-corrected chi connectivity index (χ0v) is 27.4. The molecule has 50 heavy (non-hydrogen) atoms. The lowest BCUT2D eigenvalue weighted by Crippen LogP contribution is -2.67. The zero-order chi connectivity index (χ0) is 37.3. The van der Waals surface area contributed by atoms with Crippen molar-refractivity contribution >= 4 is 21.6 Å². The van der Waals surface area contributed by atoms with Crippen molar-refractivity contribution in [1.29, 1.82) is 0 Å². The van der Waals surface area contributed by atoms with Gasteiger partial charge in [0.1, 0.15) is 67.1 Å². The third kappa shape index (κ3) is 9.28. The fraction of sp³-hybridized carbons (Fsp3) is 0.783. The molecule has 3 aliphatic heterocycles. The Morgan fingerprint density at radius 1 is 0.860 bits per heavy atom. The normalized spacial score (nSPS) is 40.1. The highest BCUT2D eigenvalue weighted by molar-refractivity contribution is 7.61. The number of rotatable bonds is 13. The van der Waals surface area contributed by atoms with Crippen LogP contribution in [-0.4, -0.2) is 166 Å². The first-order chi connectivity index (χ1) is 23.3. The Balaban J connectivity index is 1.43. The first kappa shape index (κ1) is 40.7. The summed E-state index contributed by atoms with van der Waals surface area (Å²) in [4.78, 5) is 57.6. The molecular weight excluding hydrogens is 732 g/mol. The molecule has 12 N–H and O–H groups in total. The Labute approximate surface area is 279 Å². The van der Waals surface area contributed by atoms with E-state index < -0.39 is 139 Å². The van der Waals surface area contributed by atoms with Crippen molar-refractivity contribution in [2.45, 2.75) is 92.8 Å². The Kier molecular flexibility index (Phi) is 13.3. The number of ether oxygens (including phenoxy) is 4. The number of aliphatic hydroxyl groups is 8. The molecule has 0 bridgehead atoms. The summed E-state index contributed by atoms with van der Waals surface area (Å²) in [6, 6.07) is -0.978. The van der Waals surface area contributed by atoms with E-state index in [0.717, 1.165) is 19.2 Å². The second-order valence-corrected chi connectivity index (χ2v) is 14.2. The van der Waals surface area contributed by atoms with E-state index >= 15 is 0 Å². The number of phosphoric acid groups is 2. The van der Waals surface area contributed by atoms with Crippen molar-refractivity contribution in [3.63, 3.8) is 0 Å². The highest BCUT2D eigenvalue weighted by atomic mass is 31.3. The van der Waals surface area contributed by atoms with Gasteiger partial charge in [-0.15, -0.1) is 0 Å². The Morgan fingerprint density at radius 2 is 1.48 bits per heavy atom. The standard InChI is InChI=1S/C23H37N3O22P2/c1-7(29)24-12-15(33)19(46-22-18(36)16(34)13(31)8(4-27)44-22)9(5-28)45-21(12)47-50(40,41)48-49(38,39)42-6-10-14(32)17(35)20(43-10)26-3-2-11(30)25-23(26)37/h2-3,8-10,12-22,27-28,31-36H,4-6H2,1H3,(H,24,29)(H,38,39)(H,40,41)(H,25,30,37)/t8-,9-,10-,12-,13+,14-,15-,16+,17-,18-,19?,20-,21-,22+/m1/s1.